The normalized spacial score (nSPS) is 11.5. The summed E-state index contributed by atoms with van der Waals surface area (Å²) >= 11 is 0. The van der Waals surface area contributed by atoms with Gasteiger partial charge in [-0.1, -0.05) is 12.1 Å². The van der Waals surface area contributed by atoms with Crippen molar-refractivity contribution < 1.29 is 22.4 Å². The summed E-state index contributed by atoms with van der Waals surface area (Å²) in [7, 11) is 0. The Hall–Kier alpha value is -2.16. The van der Waals surface area contributed by atoms with Crippen LogP contribution in [0.1, 0.15) is 11.1 Å². The molecule has 0 spiro atoms. The highest BCUT2D eigenvalue weighted by atomic mass is 19.4. The van der Waals surface area contributed by atoms with Gasteiger partial charge >= 0.3 is 6.18 Å². The molecule has 0 saturated carbocycles. The van der Waals surface area contributed by atoms with Crippen molar-refractivity contribution in [2.75, 3.05) is 0 Å². The lowest BCUT2D eigenvalue weighted by Crippen LogP contribution is -2.19. The molecule has 0 saturated heterocycles. The van der Waals surface area contributed by atoms with Crippen LogP contribution < -0.4 is 0 Å². The number of nitrogens with zero attached hydrogens (tertiary/aromatic N) is 1. The molecule has 1 aromatic carbocycles. The van der Waals surface area contributed by atoms with E-state index in [-0.39, 0.29) is 11.1 Å². The van der Waals surface area contributed by atoms with Gasteiger partial charge in [-0.2, -0.15) is 18.4 Å². The predicted molar refractivity (Wildman–Crippen MR) is 51.2 cm³/mol. The zero-order valence-electron chi connectivity index (χ0n) is 8.25. The molecule has 0 radical (unpaired) electrons. The van der Waals surface area contributed by atoms with Crippen molar-refractivity contribution in [3.05, 3.63) is 41.2 Å². The fourth-order valence-corrected chi connectivity index (χ4v) is 0.992. The van der Waals surface area contributed by atoms with Gasteiger partial charge in [0.05, 0.1) is 5.56 Å². The number of hydrogen-bond acceptors (Lipinski definition) is 2. The first-order chi connectivity index (χ1) is 7.84. The lowest BCUT2D eigenvalue weighted by Gasteiger charge is -1.99. The molecule has 1 rings (SSSR count). The molecule has 2 nitrogen and oxygen atoms in total. The Morgan fingerprint density at radius 3 is 2.47 bits per heavy atom. The van der Waals surface area contributed by atoms with Gasteiger partial charge in [0.2, 0.25) is 0 Å². The predicted octanol–water partition coefficient (Wildman–Crippen LogP) is 2.84. The number of carbonyl (C=O) groups is 1. The van der Waals surface area contributed by atoms with Crippen molar-refractivity contribution in [3.63, 3.8) is 0 Å². The molecule has 0 aromatic heterocycles. The first-order valence-corrected chi connectivity index (χ1v) is 4.33. The van der Waals surface area contributed by atoms with Gasteiger partial charge in [-0.05, 0) is 23.8 Å². The fraction of sp³-hybridized carbons (Fsp3) is 0.0909. The van der Waals surface area contributed by atoms with Crippen LogP contribution >= 0.6 is 0 Å². The van der Waals surface area contributed by atoms with Crippen molar-refractivity contribution in [3.8, 4) is 6.07 Å². The molecule has 6 heteroatoms. The minimum absolute atomic E-state index is 0.0686. The summed E-state index contributed by atoms with van der Waals surface area (Å²) < 4.78 is 48.5. The zero-order chi connectivity index (χ0) is 13.1. The van der Waals surface area contributed by atoms with E-state index in [0.29, 0.717) is 6.08 Å². The summed E-state index contributed by atoms with van der Waals surface area (Å²) in [5.41, 5.74) is -0.150. The van der Waals surface area contributed by atoms with Crippen LogP contribution in [0.15, 0.2) is 24.3 Å². The molecule has 0 aliphatic carbocycles. The molecule has 0 N–H and O–H groups in total. The number of hydrogen-bond donors (Lipinski definition) is 0. The molecule has 1 aromatic rings. The quantitative estimate of drug-likeness (QED) is 0.592. The van der Waals surface area contributed by atoms with Crippen LogP contribution in [0.2, 0.25) is 0 Å². The highest BCUT2D eigenvalue weighted by Gasteiger charge is 2.35. The number of benzene rings is 1. The van der Waals surface area contributed by atoms with Crippen molar-refractivity contribution in [2.45, 2.75) is 6.18 Å². The maximum atomic E-state index is 13.0. The van der Waals surface area contributed by atoms with Gasteiger partial charge in [0.1, 0.15) is 11.9 Å². The summed E-state index contributed by atoms with van der Waals surface area (Å²) in [5, 5.41) is 8.42. The van der Waals surface area contributed by atoms with Gasteiger partial charge in [0.25, 0.3) is 5.78 Å². The number of carbonyl (C=O) groups excluding carboxylic acids is 1. The molecule has 17 heavy (non-hydrogen) atoms. The van der Waals surface area contributed by atoms with E-state index in [1.165, 1.54) is 6.07 Å². The van der Waals surface area contributed by atoms with Crippen LogP contribution in [0.3, 0.4) is 0 Å². The van der Waals surface area contributed by atoms with E-state index in [4.69, 9.17) is 5.26 Å². The third kappa shape index (κ3) is 3.41. The third-order valence-corrected chi connectivity index (χ3v) is 1.82. The van der Waals surface area contributed by atoms with E-state index in [1.807, 2.05) is 0 Å². The maximum absolute atomic E-state index is 13.0. The fourth-order valence-electron chi connectivity index (χ4n) is 0.992. The Labute approximate surface area is 93.8 Å². The lowest BCUT2D eigenvalue weighted by molar-refractivity contribution is -0.165. The van der Waals surface area contributed by atoms with Crippen LogP contribution in [-0.4, -0.2) is 12.0 Å². The summed E-state index contributed by atoms with van der Waals surface area (Å²) in [6.07, 6.45) is -3.80. The van der Waals surface area contributed by atoms with Crippen LogP contribution in [-0.2, 0) is 4.79 Å². The van der Waals surface area contributed by atoms with E-state index in [0.717, 1.165) is 18.2 Å². The van der Waals surface area contributed by atoms with Crippen molar-refractivity contribution in [1.82, 2.24) is 0 Å². The summed E-state index contributed by atoms with van der Waals surface area (Å²) in [5.74, 6) is -2.88. The standard InChI is InChI=1S/C11H5F4NO/c12-9-5-7(1-3-8(9)6-16)2-4-10(17)11(13,14)15/h1-5H. The first kappa shape index (κ1) is 12.9. The van der Waals surface area contributed by atoms with Gasteiger partial charge in [0, 0.05) is 0 Å². The molecule has 0 aliphatic rings. The topological polar surface area (TPSA) is 40.9 Å². The third-order valence-electron chi connectivity index (χ3n) is 1.82. The number of rotatable bonds is 2. The SMILES string of the molecule is N#Cc1ccc(C=CC(=O)C(F)(F)F)cc1F. The summed E-state index contributed by atoms with van der Waals surface area (Å²) in [4.78, 5) is 10.5. The average molecular weight is 243 g/mol. The lowest BCUT2D eigenvalue weighted by atomic mass is 10.1. The molecule has 0 heterocycles. The number of allylic oxidation sites excluding steroid dienone is 1. The van der Waals surface area contributed by atoms with Crippen LogP contribution in [0, 0.1) is 17.1 Å². The van der Waals surface area contributed by atoms with E-state index < -0.39 is 17.8 Å². The van der Waals surface area contributed by atoms with E-state index >= 15 is 0 Å². The largest absolute Gasteiger partial charge is 0.454 e. The minimum Gasteiger partial charge on any atom is -0.285 e. The van der Waals surface area contributed by atoms with Crippen molar-refractivity contribution >= 4 is 11.9 Å². The Bertz CT molecular complexity index is 511. The van der Waals surface area contributed by atoms with Gasteiger partial charge < -0.3 is 0 Å². The van der Waals surface area contributed by atoms with E-state index in [2.05, 4.69) is 0 Å². The average Bonchev–Trinajstić information content (AvgIpc) is 2.24. The van der Waals surface area contributed by atoms with Gasteiger partial charge in [-0.3, -0.25) is 4.79 Å². The van der Waals surface area contributed by atoms with Crippen LogP contribution in [0.5, 0.6) is 0 Å². The van der Waals surface area contributed by atoms with Gasteiger partial charge in [-0.15, -0.1) is 0 Å². The maximum Gasteiger partial charge on any atom is 0.454 e. The summed E-state index contributed by atoms with van der Waals surface area (Å²) in [6.45, 7) is 0. The van der Waals surface area contributed by atoms with Gasteiger partial charge in [0.15, 0.2) is 0 Å². The Balaban J connectivity index is 2.91. The van der Waals surface area contributed by atoms with Gasteiger partial charge in [-0.25, -0.2) is 4.39 Å². The Kier molecular flexibility index (Phi) is 3.63. The molecule has 0 amide bonds. The number of nitriles is 1. The highest BCUT2D eigenvalue weighted by molar-refractivity contribution is 5.97. The molecule has 0 fully saturated rings. The Morgan fingerprint density at radius 2 is 2.00 bits per heavy atom. The molecule has 88 valence electrons. The minimum atomic E-state index is -4.94. The second kappa shape index (κ2) is 4.78. The van der Waals surface area contributed by atoms with Crippen molar-refractivity contribution in [1.29, 1.82) is 5.26 Å². The number of halogens is 4. The monoisotopic (exact) mass is 243 g/mol. The van der Waals surface area contributed by atoms with E-state index in [9.17, 15) is 22.4 Å². The molecule has 0 bridgehead atoms. The number of ketones is 1. The molecular weight excluding hydrogens is 238 g/mol. The van der Waals surface area contributed by atoms with Crippen LogP contribution in [0.25, 0.3) is 6.08 Å². The second-order valence-corrected chi connectivity index (χ2v) is 3.05. The molecule has 0 atom stereocenters. The molecule has 0 unspecified atom stereocenters. The summed E-state index contributed by atoms with van der Waals surface area (Å²) in [6, 6.07) is 4.80. The second-order valence-electron chi connectivity index (χ2n) is 3.05. The molecular formula is C11H5F4NO. The zero-order valence-corrected chi connectivity index (χ0v) is 8.25. The smallest absolute Gasteiger partial charge is 0.285 e. The van der Waals surface area contributed by atoms with Crippen molar-refractivity contribution in [2.24, 2.45) is 0 Å². The molecule has 0 aliphatic heterocycles. The van der Waals surface area contributed by atoms with E-state index in [1.54, 1.807) is 6.07 Å². The number of alkyl halides is 3. The first-order valence-electron chi connectivity index (χ1n) is 4.33. The Morgan fingerprint density at radius 1 is 1.35 bits per heavy atom. The van der Waals surface area contributed by atoms with Crippen LogP contribution in [0.4, 0.5) is 17.6 Å². The highest BCUT2D eigenvalue weighted by Crippen LogP contribution is 2.17.